The minimum absolute atomic E-state index is 0.0622. The Hall–Kier alpha value is -2.21. The molecule has 4 nitrogen and oxygen atoms in total. The zero-order valence-corrected chi connectivity index (χ0v) is 15.1. The SMILES string of the molecule is O=C(NCC1CC(=O)N(Cc2ccc(F)cc2)C1)c1ccc(Br)cc1. The van der Waals surface area contributed by atoms with Gasteiger partial charge < -0.3 is 10.2 Å². The Morgan fingerprint density at radius 2 is 1.84 bits per heavy atom. The molecule has 1 saturated heterocycles. The van der Waals surface area contributed by atoms with Gasteiger partial charge in [-0.3, -0.25) is 9.59 Å². The fraction of sp³-hybridized carbons (Fsp3) is 0.263. The normalized spacial score (nSPS) is 17.0. The number of amides is 2. The summed E-state index contributed by atoms with van der Waals surface area (Å²) in [5.41, 5.74) is 1.49. The Morgan fingerprint density at radius 3 is 2.52 bits per heavy atom. The summed E-state index contributed by atoms with van der Waals surface area (Å²) in [6.45, 7) is 1.52. The lowest BCUT2D eigenvalue weighted by atomic mass is 10.1. The molecular weight excluding hydrogens is 387 g/mol. The van der Waals surface area contributed by atoms with Gasteiger partial charge in [-0.2, -0.15) is 0 Å². The first-order valence-corrected chi connectivity index (χ1v) is 8.86. The topological polar surface area (TPSA) is 49.4 Å². The first kappa shape index (κ1) is 17.6. The maximum atomic E-state index is 13.0. The van der Waals surface area contributed by atoms with Gasteiger partial charge in [0.25, 0.3) is 5.91 Å². The average Bonchev–Trinajstić information content (AvgIpc) is 2.95. The molecule has 6 heteroatoms. The van der Waals surface area contributed by atoms with Crippen molar-refractivity contribution in [2.45, 2.75) is 13.0 Å². The largest absolute Gasteiger partial charge is 0.352 e. The number of halogens is 2. The minimum Gasteiger partial charge on any atom is -0.352 e. The molecule has 1 fully saturated rings. The molecule has 1 aliphatic heterocycles. The highest BCUT2D eigenvalue weighted by Crippen LogP contribution is 2.20. The van der Waals surface area contributed by atoms with Crippen molar-refractivity contribution in [3.63, 3.8) is 0 Å². The Balaban J connectivity index is 1.51. The van der Waals surface area contributed by atoms with Crippen molar-refractivity contribution in [2.24, 2.45) is 5.92 Å². The van der Waals surface area contributed by atoms with Gasteiger partial charge in [0.1, 0.15) is 5.82 Å². The van der Waals surface area contributed by atoms with Gasteiger partial charge in [0.05, 0.1) is 0 Å². The Labute approximate surface area is 154 Å². The predicted octanol–water partition coefficient (Wildman–Crippen LogP) is 3.37. The zero-order chi connectivity index (χ0) is 17.8. The second-order valence-electron chi connectivity index (χ2n) is 6.19. The molecule has 1 atom stereocenters. The van der Waals surface area contributed by atoms with E-state index in [0.717, 1.165) is 10.0 Å². The number of hydrogen-bond donors (Lipinski definition) is 1. The molecule has 1 aliphatic rings. The third-order valence-corrected chi connectivity index (χ3v) is 4.77. The monoisotopic (exact) mass is 404 g/mol. The maximum absolute atomic E-state index is 13.0. The molecule has 0 aliphatic carbocycles. The fourth-order valence-electron chi connectivity index (χ4n) is 2.89. The number of benzene rings is 2. The van der Waals surface area contributed by atoms with Crippen LogP contribution >= 0.6 is 15.9 Å². The number of rotatable bonds is 5. The van der Waals surface area contributed by atoms with Crippen LogP contribution in [0.4, 0.5) is 4.39 Å². The second kappa shape index (κ2) is 7.78. The number of nitrogens with zero attached hydrogens (tertiary/aromatic N) is 1. The molecule has 0 radical (unpaired) electrons. The number of likely N-dealkylation sites (tertiary alicyclic amines) is 1. The Kier molecular flexibility index (Phi) is 5.48. The van der Waals surface area contributed by atoms with E-state index in [1.54, 1.807) is 29.2 Å². The van der Waals surface area contributed by atoms with Crippen LogP contribution in [0.3, 0.4) is 0 Å². The first-order valence-electron chi connectivity index (χ1n) is 8.07. The molecule has 130 valence electrons. The van der Waals surface area contributed by atoms with Gasteiger partial charge in [0.15, 0.2) is 0 Å². The van der Waals surface area contributed by atoms with Crippen molar-refractivity contribution in [1.29, 1.82) is 0 Å². The second-order valence-corrected chi connectivity index (χ2v) is 7.10. The highest BCUT2D eigenvalue weighted by molar-refractivity contribution is 9.10. The van der Waals surface area contributed by atoms with Crippen LogP contribution in [0.15, 0.2) is 53.0 Å². The molecule has 0 aromatic heterocycles. The van der Waals surface area contributed by atoms with Crippen molar-refractivity contribution in [1.82, 2.24) is 10.2 Å². The summed E-state index contributed by atoms with van der Waals surface area (Å²) >= 11 is 3.34. The molecule has 1 N–H and O–H groups in total. The first-order chi connectivity index (χ1) is 12.0. The van der Waals surface area contributed by atoms with Crippen LogP contribution in [0, 0.1) is 11.7 Å². The summed E-state index contributed by atoms with van der Waals surface area (Å²) in [5, 5.41) is 2.89. The number of nitrogens with one attached hydrogen (secondary N) is 1. The van der Waals surface area contributed by atoms with Gasteiger partial charge >= 0.3 is 0 Å². The summed E-state index contributed by atoms with van der Waals surface area (Å²) in [5.74, 6) is -0.276. The van der Waals surface area contributed by atoms with Crippen LogP contribution in [0.25, 0.3) is 0 Å². The fourth-order valence-corrected chi connectivity index (χ4v) is 3.16. The minimum atomic E-state index is -0.287. The molecule has 1 unspecified atom stereocenters. The van der Waals surface area contributed by atoms with Gasteiger partial charge in [0, 0.05) is 42.0 Å². The van der Waals surface area contributed by atoms with Crippen LogP contribution in [-0.4, -0.2) is 29.8 Å². The van der Waals surface area contributed by atoms with E-state index < -0.39 is 0 Å². The molecule has 25 heavy (non-hydrogen) atoms. The highest BCUT2D eigenvalue weighted by atomic mass is 79.9. The smallest absolute Gasteiger partial charge is 0.251 e. The standard InChI is InChI=1S/C19H18BrFN2O2/c20-16-5-3-15(4-6-16)19(25)22-10-14-9-18(24)23(12-14)11-13-1-7-17(21)8-2-13/h1-8,14H,9-12H2,(H,22,25). The molecule has 3 rings (SSSR count). The van der Waals surface area contributed by atoms with Crippen LogP contribution in [0.2, 0.25) is 0 Å². The van der Waals surface area contributed by atoms with E-state index in [4.69, 9.17) is 0 Å². The lowest BCUT2D eigenvalue weighted by Gasteiger charge is -2.17. The Morgan fingerprint density at radius 1 is 1.16 bits per heavy atom. The molecule has 0 bridgehead atoms. The van der Waals surface area contributed by atoms with Gasteiger partial charge in [-0.1, -0.05) is 28.1 Å². The Bertz CT molecular complexity index is 762. The summed E-state index contributed by atoms with van der Waals surface area (Å²) in [6, 6.07) is 13.3. The predicted molar refractivity (Wildman–Crippen MR) is 96.4 cm³/mol. The van der Waals surface area contributed by atoms with Gasteiger partial charge in [-0.05, 0) is 42.0 Å². The summed E-state index contributed by atoms with van der Waals surface area (Å²) in [4.78, 5) is 26.0. The number of carbonyl (C=O) groups excluding carboxylic acids is 2. The van der Waals surface area contributed by atoms with Crippen molar-refractivity contribution < 1.29 is 14.0 Å². The average molecular weight is 405 g/mol. The van der Waals surface area contributed by atoms with Crippen LogP contribution in [-0.2, 0) is 11.3 Å². The maximum Gasteiger partial charge on any atom is 0.251 e. The number of carbonyl (C=O) groups is 2. The quantitative estimate of drug-likeness (QED) is 0.830. The van der Waals surface area contributed by atoms with E-state index in [1.807, 2.05) is 12.1 Å². The molecule has 2 aromatic carbocycles. The lowest BCUT2D eigenvalue weighted by molar-refractivity contribution is -0.128. The van der Waals surface area contributed by atoms with E-state index in [2.05, 4.69) is 21.2 Å². The van der Waals surface area contributed by atoms with E-state index in [-0.39, 0.29) is 23.5 Å². The van der Waals surface area contributed by atoms with E-state index in [0.29, 0.717) is 31.6 Å². The van der Waals surface area contributed by atoms with E-state index in [1.165, 1.54) is 12.1 Å². The molecule has 1 heterocycles. The summed E-state index contributed by atoms with van der Waals surface area (Å²) < 4.78 is 13.9. The lowest BCUT2D eigenvalue weighted by Crippen LogP contribution is -2.31. The third-order valence-electron chi connectivity index (χ3n) is 4.24. The zero-order valence-electron chi connectivity index (χ0n) is 13.5. The molecule has 0 saturated carbocycles. The van der Waals surface area contributed by atoms with Crippen molar-refractivity contribution in [2.75, 3.05) is 13.1 Å². The van der Waals surface area contributed by atoms with Crippen molar-refractivity contribution in [3.05, 3.63) is 69.9 Å². The van der Waals surface area contributed by atoms with Crippen molar-refractivity contribution in [3.8, 4) is 0 Å². The van der Waals surface area contributed by atoms with Crippen LogP contribution < -0.4 is 5.32 Å². The molecular formula is C19H18BrFN2O2. The van der Waals surface area contributed by atoms with Gasteiger partial charge in [-0.15, -0.1) is 0 Å². The summed E-state index contributed by atoms with van der Waals surface area (Å²) in [6.07, 6.45) is 0.418. The summed E-state index contributed by atoms with van der Waals surface area (Å²) in [7, 11) is 0. The molecule has 2 aromatic rings. The van der Waals surface area contributed by atoms with Gasteiger partial charge in [-0.25, -0.2) is 4.39 Å². The van der Waals surface area contributed by atoms with E-state index >= 15 is 0 Å². The van der Waals surface area contributed by atoms with E-state index in [9.17, 15) is 14.0 Å². The van der Waals surface area contributed by atoms with Gasteiger partial charge in [0.2, 0.25) is 5.91 Å². The molecule has 0 spiro atoms. The number of hydrogen-bond acceptors (Lipinski definition) is 2. The highest BCUT2D eigenvalue weighted by Gasteiger charge is 2.29. The van der Waals surface area contributed by atoms with Crippen LogP contribution in [0.1, 0.15) is 22.3 Å². The van der Waals surface area contributed by atoms with Crippen molar-refractivity contribution >= 4 is 27.7 Å². The van der Waals surface area contributed by atoms with Crippen LogP contribution in [0.5, 0.6) is 0 Å². The molecule has 2 amide bonds. The third kappa shape index (κ3) is 4.66.